The lowest BCUT2D eigenvalue weighted by molar-refractivity contribution is 0.0785. The molecule has 0 aliphatic carbocycles. The molecule has 2 N–H and O–H groups in total. The summed E-state index contributed by atoms with van der Waals surface area (Å²) in [7, 11) is 1.72. The molecular weight excluding hydrogens is 393 g/mol. The van der Waals surface area contributed by atoms with E-state index in [-0.39, 0.29) is 5.91 Å². The molecule has 162 valence electrons. The van der Waals surface area contributed by atoms with Crippen LogP contribution in [0.3, 0.4) is 0 Å². The molecule has 0 bridgehead atoms. The standard InChI is InChI=1S/C25H28FN3O2/c1-18-14-20(15-28-24(18)26)17-29(2)25(31)22-10-8-19(9-11-22)12-13-27-16-23(30)21-6-4-3-5-7-21/h3-11,14-15,23,27,30H,12-13,16-17H2,1-2H3. The van der Waals surface area contributed by atoms with E-state index in [1.165, 1.54) is 6.20 Å². The van der Waals surface area contributed by atoms with Crippen LogP contribution in [0.4, 0.5) is 4.39 Å². The molecule has 2 aromatic carbocycles. The van der Waals surface area contributed by atoms with Crippen molar-refractivity contribution < 1.29 is 14.3 Å². The number of aliphatic hydroxyl groups is 1. The fourth-order valence-electron chi connectivity index (χ4n) is 3.35. The third-order valence-corrected chi connectivity index (χ3v) is 5.15. The summed E-state index contributed by atoms with van der Waals surface area (Å²) >= 11 is 0. The molecule has 0 saturated heterocycles. The molecule has 0 radical (unpaired) electrons. The first-order valence-electron chi connectivity index (χ1n) is 10.3. The monoisotopic (exact) mass is 421 g/mol. The minimum Gasteiger partial charge on any atom is -0.387 e. The van der Waals surface area contributed by atoms with Crippen molar-refractivity contribution in [3.8, 4) is 0 Å². The summed E-state index contributed by atoms with van der Waals surface area (Å²) in [5, 5.41) is 13.4. The van der Waals surface area contributed by atoms with Crippen LogP contribution in [0.2, 0.25) is 0 Å². The Bertz CT molecular complexity index is 993. The predicted octanol–water partition coefficient (Wildman–Crippen LogP) is 3.67. The number of hydrogen-bond acceptors (Lipinski definition) is 4. The number of nitrogens with one attached hydrogen (secondary N) is 1. The number of aromatic nitrogens is 1. The summed E-state index contributed by atoms with van der Waals surface area (Å²) in [4.78, 5) is 18.0. The van der Waals surface area contributed by atoms with Gasteiger partial charge in [0.15, 0.2) is 0 Å². The molecule has 1 heterocycles. The minimum absolute atomic E-state index is 0.0994. The molecule has 5 nitrogen and oxygen atoms in total. The quantitative estimate of drug-likeness (QED) is 0.409. The normalized spacial score (nSPS) is 11.9. The van der Waals surface area contributed by atoms with Crippen molar-refractivity contribution in [3.05, 3.63) is 101 Å². The average Bonchev–Trinajstić information content (AvgIpc) is 2.79. The second kappa shape index (κ2) is 10.8. The number of nitrogens with zero attached hydrogens (tertiary/aromatic N) is 2. The maximum absolute atomic E-state index is 13.3. The fraction of sp³-hybridized carbons (Fsp3) is 0.280. The maximum Gasteiger partial charge on any atom is 0.253 e. The minimum atomic E-state index is -0.531. The molecule has 0 aliphatic heterocycles. The molecule has 0 aliphatic rings. The molecule has 1 atom stereocenters. The van der Waals surface area contributed by atoms with E-state index >= 15 is 0 Å². The average molecular weight is 422 g/mol. The Morgan fingerprint density at radius 2 is 1.84 bits per heavy atom. The Morgan fingerprint density at radius 3 is 2.52 bits per heavy atom. The number of pyridine rings is 1. The highest BCUT2D eigenvalue weighted by molar-refractivity contribution is 5.94. The van der Waals surface area contributed by atoms with Crippen molar-refractivity contribution in [2.45, 2.75) is 26.0 Å². The van der Waals surface area contributed by atoms with Gasteiger partial charge >= 0.3 is 0 Å². The van der Waals surface area contributed by atoms with Crippen LogP contribution in [0.5, 0.6) is 0 Å². The predicted molar refractivity (Wildman–Crippen MR) is 119 cm³/mol. The molecule has 31 heavy (non-hydrogen) atoms. The van der Waals surface area contributed by atoms with Crippen molar-refractivity contribution in [3.63, 3.8) is 0 Å². The van der Waals surface area contributed by atoms with Gasteiger partial charge < -0.3 is 15.3 Å². The lowest BCUT2D eigenvalue weighted by Gasteiger charge is -2.18. The number of aryl methyl sites for hydroxylation is 1. The van der Waals surface area contributed by atoms with E-state index in [2.05, 4.69) is 10.3 Å². The van der Waals surface area contributed by atoms with E-state index in [0.717, 1.165) is 29.7 Å². The Kier molecular flexibility index (Phi) is 7.87. The third-order valence-electron chi connectivity index (χ3n) is 5.15. The molecule has 1 amide bonds. The fourth-order valence-corrected chi connectivity index (χ4v) is 3.35. The lowest BCUT2D eigenvalue weighted by atomic mass is 10.1. The van der Waals surface area contributed by atoms with Gasteiger partial charge in [0.1, 0.15) is 0 Å². The van der Waals surface area contributed by atoms with Gasteiger partial charge in [0.2, 0.25) is 5.95 Å². The maximum atomic E-state index is 13.3. The van der Waals surface area contributed by atoms with Crippen LogP contribution < -0.4 is 5.32 Å². The number of carbonyl (C=O) groups excluding carboxylic acids is 1. The van der Waals surface area contributed by atoms with Gasteiger partial charge in [-0.15, -0.1) is 0 Å². The zero-order chi connectivity index (χ0) is 22.2. The number of halogens is 1. The second-order valence-corrected chi connectivity index (χ2v) is 7.69. The largest absolute Gasteiger partial charge is 0.387 e. The van der Waals surface area contributed by atoms with Gasteiger partial charge in [0, 0.05) is 37.5 Å². The van der Waals surface area contributed by atoms with E-state index in [0.29, 0.717) is 24.2 Å². The Morgan fingerprint density at radius 1 is 1.13 bits per heavy atom. The molecule has 1 unspecified atom stereocenters. The van der Waals surface area contributed by atoms with E-state index in [1.54, 1.807) is 24.9 Å². The molecule has 3 aromatic rings. The van der Waals surface area contributed by atoms with Gasteiger partial charge in [-0.1, -0.05) is 42.5 Å². The van der Waals surface area contributed by atoms with Crippen molar-refractivity contribution >= 4 is 5.91 Å². The van der Waals surface area contributed by atoms with E-state index < -0.39 is 12.1 Å². The number of hydrogen-bond donors (Lipinski definition) is 2. The zero-order valence-electron chi connectivity index (χ0n) is 17.9. The topological polar surface area (TPSA) is 65.5 Å². The van der Waals surface area contributed by atoms with Crippen LogP contribution in [0.1, 0.15) is 38.7 Å². The first-order valence-corrected chi connectivity index (χ1v) is 10.3. The summed E-state index contributed by atoms with van der Waals surface area (Å²) in [5.74, 6) is -0.588. The van der Waals surface area contributed by atoms with Gasteiger partial charge in [0.25, 0.3) is 5.91 Å². The van der Waals surface area contributed by atoms with E-state index in [1.807, 2.05) is 54.6 Å². The van der Waals surface area contributed by atoms with Gasteiger partial charge in [-0.3, -0.25) is 4.79 Å². The first kappa shape index (κ1) is 22.6. The van der Waals surface area contributed by atoms with Crippen molar-refractivity contribution in [2.24, 2.45) is 0 Å². The highest BCUT2D eigenvalue weighted by Crippen LogP contribution is 2.13. The molecular formula is C25H28FN3O2. The van der Waals surface area contributed by atoms with Crippen LogP contribution in [0.25, 0.3) is 0 Å². The molecule has 0 fully saturated rings. The van der Waals surface area contributed by atoms with Crippen LogP contribution in [0, 0.1) is 12.9 Å². The van der Waals surface area contributed by atoms with Gasteiger partial charge in [-0.25, -0.2) is 4.98 Å². The number of rotatable bonds is 9. The third kappa shape index (κ3) is 6.44. The Hall–Kier alpha value is -3.09. The number of aliphatic hydroxyl groups excluding tert-OH is 1. The Balaban J connectivity index is 1.46. The molecule has 3 rings (SSSR count). The summed E-state index contributed by atoms with van der Waals surface area (Å²) in [6, 6.07) is 18.8. The molecule has 0 spiro atoms. The smallest absolute Gasteiger partial charge is 0.253 e. The number of benzene rings is 2. The SMILES string of the molecule is Cc1cc(CN(C)C(=O)c2ccc(CCNCC(O)c3ccccc3)cc2)cnc1F. The van der Waals surface area contributed by atoms with Crippen LogP contribution in [-0.4, -0.2) is 41.0 Å². The second-order valence-electron chi connectivity index (χ2n) is 7.69. The molecule has 1 aromatic heterocycles. The number of amides is 1. The van der Waals surface area contributed by atoms with Crippen molar-refractivity contribution in [2.75, 3.05) is 20.1 Å². The van der Waals surface area contributed by atoms with Crippen LogP contribution >= 0.6 is 0 Å². The van der Waals surface area contributed by atoms with Gasteiger partial charge in [-0.05, 0) is 54.8 Å². The summed E-state index contributed by atoms with van der Waals surface area (Å²) < 4.78 is 13.3. The summed E-state index contributed by atoms with van der Waals surface area (Å²) in [5.41, 5.74) is 3.86. The van der Waals surface area contributed by atoms with Crippen molar-refractivity contribution in [1.29, 1.82) is 0 Å². The van der Waals surface area contributed by atoms with E-state index in [4.69, 9.17) is 0 Å². The van der Waals surface area contributed by atoms with Gasteiger partial charge in [0.05, 0.1) is 6.10 Å². The van der Waals surface area contributed by atoms with Gasteiger partial charge in [-0.2, -0.15) is 4.39 Å². The number of carbonyl (C=O) groups is 1. The van der Waals surface area contributed by atoms with E-state index in [9.17, 15) is 14.3 Å². The highest BCUT2D eigenvalue weighted by Gasteiger charge is 2.13. The molecule has 0 saturated carbocycles. The van der Waals surface area contributed by atoms with Crippen molar-refractivity contribution in [1.82, 2.24) is 15.2 Å². The zero-order valence-corrected chi connectivity index (χ0v) is 17.9. The first-order chi connectivity index (χ1) is 14.9. The highest BCUT2D eigenvalue weighted by atomic mass is 19.1. The lowest BCUT2D eigenvalue weighted by Crippen LogP contribution is -2.26. The Labute approximate surface area is 182 Å². The van der Waals surface area contributed by atoms with Crippen LogP contribution in [-0.2, 0) is 13.0 Å². The summed E-state index contributed by atoms with van der Waals surface area (Å²) in [6.45, 7) is 3.24. The molecule has 6 heteroatoms. The summed E-state index contributed by atoms with van der Waals surface area (Å²) in [6.07, 6.45) is 1.72. The van der Waals surface area contributed by atoms with Crippen LogP contribution in [0.15, 0.2) is 66.9 Å².